The molecule has 0 aromatic heterocycles. The monoisotopic (exact) mass is 238 g/mol. The van der Waals surface area contributed by atoms with E-state index in [1.807, 2.05) is 0 Å². The Labute approximate surface area is 92.7 Å². The largest absolute Gasteiger partial charge is 0.406 e. The topological polar surface area (TPSA) is 33.3 Å². The first-order valence-electron chi connectivity index (χ1n) is 5.68. The molecule has 0 bridgehead atoms. The molecule has 0 amide bonds. The summed E-state index contributed by atoms with van der Waals surface area (Å²) in [6, 6.07) is 0. The van der Waals surface area contributed by atoms with Gasteiger partial charge in [-0.25, -0.2) is 0 Å². The average molecular weight is 238 g/mol. The van der Waals surface area contributed by atoms with Crippen molar-refractivity contribution in [1.29, 1.82) is 0 Å². The van der Waals surface area contributed by atoms with Gasteiger partial charge in [0.25, 0.3) is 0 Å². The Hall–Kier alpha value is -0.330. The lowest BCUT2D eigenvalue weighted by molar-refractivity contribution is -0.166. The lowest BCUT2D eigenvalue weighted by Crippen LogP contribution is -2.47. The van der Waals surface area contributed by atoms with Crippen LogP contribution in [0.2, 0.25) is 0 Å². The number of nitrogens with one attached hydrogen (secondary N) is 2. The van der Waals surface area contributed by atoms with Gasteiger partial charge < -0.3 is 15.4 Å². The van der Waals surface area contributed by atoms with E-state index >= 15 is 0 Å². The highest BCUT2D eigenvalue weighted by Crippen LogP contribution is 2.48. The van der Waals surface area contributed by atoms with Crippen LogP contribution < -0.4 is 10.6 Å². The summed E-state index contributed by atoms with van der Waals surface area (Å²) in [5, 5.41) is 5.78. The molecule has 1 unspecified atom stereocenters. The molecule has 0 radical (unpaired) electrons. The molecule has 2 fully saturated rings. The van der Waals surface area contributed by atoms with Gasteiger partial charge in [0.15, 0.2) is 0 Å². The molecular formula is C10H17F3N2O. The van der Waals surface area contributed by atoms with Crippen LogP contribution in [-0.4, -0.2) is 44.1 Å². The summed E-state index contributed by atoms with van der Waals surface area (Å²) >= 11 is 0. The van der Waals surface area contributed by atoms with E-state index in [1.54, 1.807) is 0 Å². The molecule has 1 aliphatic carbocycles. The van der Waals surface area contributed by atoms with Gasteiger partial charge in [0.05, 0.1) is 12.7 Å². The zero-order valence-corrected chi connectivity index (χ0v) is 9.07. The van der Waals surface area contributed by atoms with Crippen LogP contribution in [0.1, 0.15) is 19.3 Å². The van der Waals surface area contributed by atoms with E-state index in [2.05, 4.69) is 10.6 Å². The Morgan fingerprint density at radius 2 is 2.12 bits per heavy atom. The van der Waals surface area contributed by atoms with Crippen LogP contribution in [0.4, 0.5) is 13.2 Å². The van der Waals surface area contributed by atoms with Gasteiger partial charge in [-0.05, 0) is 25.8 Å². The minimum absolute atomic E-state index is 0.0466. The average Bonchev–Trinajstić information content (AvgIpc) is 3.00. The number of halogens is 3. The fourth-order valence-corrected chi connectivity index (χ4v) is 1.96. The summed E-state index contributed by atoms with van der Waals surface area (Å²) < 4.78 is 43.1. The molecule has 6 heteroatoms. The lowest BCUT2D eigenvalue weighted by Gasteiger charge is -2.25. The summed E-state index contributed by atoms with van der Waals surface area (Å²) in [5.74, 6) is 0. The highest BCUT2D eigenvalue weighted by atomic mass is 19.4. The van der Waals surface area contributed by atoms with Crippen LogP contribution in [0.15, 0.2) is 0 Å². The quantitative estimate of drug-likeness (QED) is 0.768. The van der Waals surface area contributed by atoms with Crippen molar-refractivity contribution in [2.75, 3.05) is 26.2 Å². The SMILES string of the molecule is FC(F)(F)C1(NCCC2CNCCO2)CC1. The molecule has 0 aromatic carbocycles. The smallest absolute Gasteiger partial charge is 0.376 e. The molecular weight excluding hydrogens is 221 g/mol. The summed E-state index contributed by atoms with van der Waals surface area (Å²) in [5.41, 5.74) is -1.59. The third kappa shape index (κ3) is 2.67. The first-order chi connectivity index (χ1) is 7.54. The molecule has 2 N–H and O–H groups in total. The van der Waals surface area contributed by atoms with Crippen molar-refractivity contribution in [2.45, 2.75) is 37.1 Å². The summed E-state index contributed by atoms with van der Waals surface area (Å²) in [6.07, 6.45) is -3.02. The predicted octanol–water partition coefficient (Wildman–Crippen LogP) is 1.05. The third-order valence-electron chi connectivity index (χ3n) is 3.23. The normalized spacial score (nSPS) is 29.1. The van der Waals surface area contributed by atoms with Crippen molar-refractivity contribution in [1.82, 2.24) is 10.6 Å². The predicted molar refractivity (Wildman–Crippen MR) is 53.2 cm³/mol. The van der Waals surface area contributed by atoms with Crippen LogP contribution >= 0.6 is 0 Å². The fraction of sp³-hybridized carbons (Fsp3) is 1.00. The van der Waals surface area contributed by atoms with Crippen molar-refractivity contribution in [2.24, 2.45) is 0 Å². The van der Waals surface area contributed by atoms with E-state index < -0.39 is 11.7 Å². The molecule has 2 rings (SSSR count). The van der Waals surface area contributed by atoms with Crippen molar-refractivity contribution in [3.8, 4) is 0 Å². The van der Waals surface area contributed by atoms with E-state index in [9.17, 15) is 13.2 Å². The van der Waals surface area contributed by atoms with Gasteiger partial charge in [-0.2, -0.15) is 13.2 Å². The Morgan fingerprint density at radius 1 is 1.38 bits per heavy atom. The maximum atomic E-state index is 12.6. The van der Waals surface area contributed by atoms with E-state index in [0.717, 1.165) is 13.1 Å². The van der Waals surface area contributed by atoms with E-state index in [1.165, 1.54) is 0 Å². The Balaban J connectivity index is 1.68. The van der Waals surface area contributed by atoms with Crippen molar-refractivity contribution >= 4 is 0 Å². The van der Waals surface area contributed by atoms with Crippen LogP contribution in [0.3, 0.4) is 0 Å². The summed E-state index contributed by atoms with van der Waals surface area (Å²) in [4.78, 5) is 0. The number of hydrogen-bond acceptors (Lipinski definition) is 3. The molecule has 0 aromatic rings. The van der Waals surface area contributed by atoms with Crippen molar-refractivity contribution in [3.05, 3.63) is 0 Å². The van der Waals surface area contributed by atoms with Crippen LogP contribution in [-0.2, 0) is 4.74 Å². The number of hydrogen-bond donors (Lipinski definition) is 2. The van der Waals surface area contributed by atoms with Gasteiger partial charge >= 0.3 is 6.18 Å². The van der Waals surface area contributed by atoms with E-state index in [0.29, 0.717) is 19.6 Å². The lowest BCUT2D eigenvalue weighted by atomic mass is 10.2. The molecule has 1 aliphatic heterocycles. The summed E-state index contributed by atoms with van der Waals surface area (Å²) in [7, 11) is 0. The molecule has 1 heterocycles. The standard InChI is InChI=1S/C10H17F3N2O/c11-10(12,13)9(2-3-9)15-4-1-8-7-14-5-6-16-8/h8,14-15H,1-7H2. The number of ether oxygens (including phenoxy) is 1. The van der Waals surface area contributed by atoms with Gasteiger partial charge in [-0.15, -0.1) is 0 Å². The molecule has 3 nitrogen and oxygen atoms in total. The zero-order chi connectivity index (χ0) is 11.6. The maximum absolute atomic E-state index is 12.6. The molecule has 0 spiro atoms. The van der Waals surface area contributed by atoms with Crippen molar-refractivity contribution < 1.29 is 17.9 Å². The van der Waals surface area contributed by atoms with Gasteiger partial charge in [0, 0.05) is 13.1 Å². The second kappa shape index (κ2) is 4.50. The van der Waals surface area contributed by atoms with Gasteiger partial charge in [0.2, 0.25) is 0 Å². The molecule has 1 saturated carbocycles. The van der Waals surface area contributed by atoms with Crippen molar-refractivity contribution in [3.63, 3.8) is 0 Å². The maximum Gasteiger partial charge on any atom is 0.406 e. The highest BCUT2D eigenvalue weighted by Gasteiger charge is 2.62. The molecule has 94 valence electrons. The Bertz CT molecular complexity index is 235. The minimum Gasteiger partial charge on any atom is -0.376 e. The first-order valence-corrected chi connectivity index (χ1v) is 5.68. The van der Waals surface area contributed by atoms with Crippen LogP contribution in [0.25, 0.3) is 0 Å². The first kappa shape index (κ1) is 12.1. The fourth-order valence-electron chi connectivity index (χ4n) is 1.96. The number of alkyl halides is 3. The Morgan fingerprint density at radius 3 is 2.62 bits per heavy atom. The molecule has 1 saturated heterocycles. The number of morpholine rings is 1. The second-order valence-corrected chi connectivity index (χ2v) is 4.49. The van der Waals surface area contributed by atoms with Crippen LogP contribution in [0, 0.1) is 0 Å². The zero-order valence-electron chi connectivity index (χ0n) is 9.07. The molecule has 2 aliphatic rings. The van der Waals surface area contributed by atoms with Gasteiger partial charge in [0.1, 0.15) is 5.54 Å². The highest BCUT2D eigenvalue weighted by molar-refractivity contribution is 5.07. The summed E-state index contributed by atoms with van der Waals surface area (Å²) in [6.45, 7) is 2.58. The second-order valence-electron chi connectivity index (χ2n) is 4.49. The Kier molecular flexibility index (Phi) is 3.42. The van der Waals surface area contributed by atoms with Gasteiger partial charge in [-0.1, -0.05) is 0 Å². The molecule has 16 heavy (non-hydrogen) atoms. The van der Waals surface area contributed by atoms with Crippen LogP contribution in [0.5, 0.6) is 0 Å². The third-order valence-corrected chi connectivity index (χ3v) is 3.23. The minimum atomic E-state index is -4.11. The number of rotatable bonds is 4. The molecule has 1 atom stereocenters. The van der Waals surface area contributed by atoms with Gasteiger partial charge in [-0.3, -0.25) is 0 Å². The van der Waals surface area contributed by atoms with E-state index in [4.69, 9.17) is 4.74 Å². The van der Waals surface area contributed by atoms with E-state index in [-0.39, 0.29) is 18.9 Å².